The molecule has 14 N–H and O–H groups in total. The number of aliphatic hydroxyl groups is 10. The number of ether oxygens (including phenoxy) is 9. The van der Waals surface area contributed by atoms with Crippen molar-refractivity contribution < 1.29 is 142 Å². The van der Waals surface area contributed by atoms with Crippen molar-refractivity contribution in [2.45, 2.75) is 286 Å². The Kier molecular flexibility index (Phi) is 47.6. The van der Waals surface area contributed by atoms with Crippen molar-refractivity contribution in [3.05, 3.63) is 0 Å². The first-order chi connectivity index (χ1) is 52.2. The van der Waals surface area contributed by atoms with E-state index in [2.05, 4.69) is 21.3 Å². The number of amides is 5. The zero-order valence-corrected chi connectivity index (χ0v) is 64.4. The van der Waals surface area contributed by atoms with E-state index < -0.39 is 152 Å². The maximum Gasteiger partial charge on any atom is 0.230 e. The van der Waals surface area contributed by atoms with Gasteiger partial charge in [-0.3, -0.25) is 47.9 Å². The molecular weight excluding hydrogens is 1430 g/mol. The number of hydrogen-bond acceptors (Lipinski definition) is 29. The molecule has 4 fully saturated rings. The van der Waals surface area contributed by atoms with E-state index in [9.17, 15) is 99.0 Å². The van der Waals surface area contributed by atoms with Crippen LogP contribution >= 0.6 is 0 Å². The average molecular weight is 1560 g/mol. The predicted octanol–water partition coefficient (Wildman–Crippen LogP) is -0.863. The Morgan fingerprint density at radius 2 is 0.899 bits per heavy atom. The van der Waals surface area contributed by atoms with Crippen LogP contribution in [0.15, 0.2) is 0 Å². The first-order valence-electron chi connectivity index (χ1n) is 39.1. The topological polar surface area (TPSA) is 507 Å². The van der Waals surface area contributed by atoms with E-state index in [1.165, 1.54) is 25.9 Å². The number of carbonyl (C=O) groups is 10. The number of unbranched alkanes of at least 4 members (excludes halogenated alkanes) is 7. The second-order valence-corrected chi connectivity index (χ2v) is 29.6. The zero-order valence-electron chi connectivity index (χ0n) is 64.4. The molecule has 3 saturated heterocycles. The highest BCUT2D eigenvalue weighted by Gasteiger charge is 2.47. The SMILES string of the molecule is COC[C@@H]1C[C@@H](O)CN1C(=O)CC(=O)CC(COCCC(=O)CCCCCC(=O)CCCCO[C@@H]1OC(CO)[C@H](O)[C@H](O)C1C)(COCCC(=O)CCCCCC(=O)CCCCO[C@@H]1CC(CO)[C@H](O)[C@H](O)C1NC(C)=O)COCCC(=O)NCCCNC(=O)CCCCO[C@@H]1OC(CO)[C@H](O)[C@H](O)C1NC(C)=O. The van der Waals surface area contributed by atoms with E-state index in [1.54, 1.807) is 6.92 Å². The van der Waals surface area contributed by atoms with Crippen LogP contribution in [0.1, 0.15) is 194 Å². The number of carbonyl (C=O) groups excluding carboxylic acids is 10. The summed E-state index contributed by atoms with van der Waals surface area (Å²) in [6.45, 7) is 3.03. The number of methoxy groups -OCH3 is 1. The minimum absolute atomic E-state index is 0.00556. The summed E-state index contributed by atoms with van der Waals surface area (Å²) >= 11 is 0. The fourth-order valence-corrected chi connectivity index (χ4v) is 13.8. The number of likely N-dealkylation sites (tertiary alicyclic amines) is 1. The lowest BCUT2D eigenvalue weighted by molar-refractivity contribution is -0.282. The monoisotopic (exact) mass is 1560 g/mol. The van der Waals surface area contributed by atoms with Gasteiger partial charge in [-0.1, -0.05) is 19.8 Å². The second kappa shape index (κ2) is 53.9. The molecule has 0 aromatic rings. The van der Waals surface area contributed by atoms with Crippen LogP contribution < -0.4 is 21.3 Å². The molecule has 34 nitrogen and oxygen atoms in total. The van der Waals surface area contributed by atoms with Crippen molar-refractivity contribution in [2.24, 2.45) is 17.3 Å². The summed E-state index contributed by atoms with van der Waals surface area (Å²) in [5.41, 5.74) is -1.32. The molecule has 0 radical (unpaired) electrons. The Morgan fingerprint density at radius 1 is 0.459 bits per heavy atom. The number of nitrogens with one attached hydrogen (secondary N) is 4. The molecule has 5 amide bonds. The summed E-state index contributed by atoms with van der Waals surface area (Å²) in [4.78, 5) is 130. The third kappa shape index (κ3) is 36.7. The highest BCUT2D eigenvalue weighted by Crippen LogP contribution is 2.32. The molecule has 4 rings (SSSR count). The van der Waals surface area contributed by atoms with Gasteiger partial charge in [0.2, 0.25) is 29.5 Å². The number of β-amino-alcohol motifs (C(OH)–C–C–N with tert-alkyl or cyclic N) is 1. The van der Waals surface area contributed by atoms with Gasteiger partial charge in [0.05, 0.1) is 102 Å². The molecular formula is C75H129N5O29. The summed E-state index contributed by atoms with van der Waals surface area (Å²) in [6, 6.07) is -2.41. The third-order valence-electron chi connectivity index (χ3n) is 20.1. The van der Waals surface area contributed by atoms with Crippen molar-refractivity contribution >= 4 is 58.5 Å². The smallest absolute Gasteiger partial charge is 0.230 e. The number of hydrogen-bond donors (Lipinski definition) is 14. The van der Waals surface area contributed by atoms with Crippen LogP contribution in [-0.2, 0) is 90.6 Å². The van der Waals surface area contributed by atoms with Gasteiger partial charge < -0.3 is 120 Å². The van der Waals surface area contributed by atoms with Gasteiger partial charge in [0.25, 0.3) is 0 Å². The van der Waals surface area contributed by atoms with Gasteiger partial charge in [-0.05, 0) is 83.5 Å². The number of ketones is 5. The average Bonchev–Trinajstić information content (AvgIpc) is 1.45. The molecule has 0 aromatic heterocycles. The van der Waals surface area contributed by atoms with Gasteiger partial charge in [-0.15, -0.1) is 0 Å². The fourth-order valence-electron chi connectivity index (χ4n) is 13.8. The molecule has 0 spiro atoms. The maximum atomic E-state index is 14.2. The van der Waals surface area contributed by atoms with E-state index in [0.717, 1.165) is 0 Å². The van der Waals surface area contributed by atoms with Crippen LogP contribution in [0.4, 0.5) is 0 Å². The van der Waals surface area contributed by atoms with Crippen LogP contribution in [0.25, 0.3) is 0 Å². The molecule has 3 aliphatic heterocycles. The van der Waals surface area contributed by atoms with Crippen LogP contribution in [0, 0.1) is 17.3 Å². The first kappa shape index (κ1) is 96.3. The molecule has 7 unspecified atom stereocenters. The van der Waals surface area contributed by atoms with Crippen molar-refractivity contribution in [2.75, 3.05) is 113 Å². The Morgan fingerprint density at radius 3 is 1.40 bits per heavy atom. The third-order valence-corrected chi connectivity index (χ3v) is 20.1. The first-order valence-corrected chi connectivity index (χ1v) is 39.1. The predicted molar refractivity (Wildman–Crippen MR) is 388 cm³/mol. The van der Waals surface area contributed by atoms with Crippen molar-refractivity contribution in [1.82, 2.24) is 26.2 Å². The van der Waals surface area contributed by atoms with Gasteiger partial charge in [-0.2, -0.15) is 0 Å². The summed E-state index contributed by atoms with van der Waals surface area (Å²) < 4.78 is 52.3. The molecule has 109 heavy (non-hydrogen) atoms. The summed E-state index contributed by atoms with van der Waals surface area (Å²) in [7, 11) is 1.47. The number of aliphatic hydroxyl groups excluding tert-OH is 10. The Balaban J connectivity index is 1.28. The number of Topliss-reactive ketones (excluding diaryl/α,β-unsaturated/α-hetero) is 5. The van der Waals surface area contributed by atoms with Gasteiger partial charge in [-0.25, -0.2) is 0 Å². The molecule has 4 aliphatic rings. The highest BCUT2D eigenvalue weighted by molar-refractivity contribution is 5.98. The van der Waals surface area contributed by atoms with E-state index in [-0.39, 0.29) is 185 Å². The lowest BCUT2D eigenvalue weighted by Crippen LogP contribution is -2.64. The highest BCUT2D eigenvalue weighted by atomic mass is 16.7. The normalized spacial score (nSPS) is 26.8. The van der Waals surface area contributed by atoms with Crippen molar-refractivity contribution in [1.29, 1.82) is 0 Å². The molecule has 0 aromatic carbocycles. The fraction of sp³-hybridized carbons (Fsp3) is 0.867. The van der Waals surface area contributed by atoms with Crippen LogP contribution in [-0.4, -0.2) is 319 Å². The van der Waals surface area contributed by atoms with Crippen LogP contribution in [0.2, 0.25) is 0 Å². The maximum absolute atomic E-state index is 14.2. The van der Waals surface area contributed by atoms with Crippen LogP contribution in [0.3, 0.4) is 0 Å². The quantitative estimate of drug-likeness (QED) is 0.0260. The van der Waals surface area contributed by atoms with Gasteiger partial charge in [0.15, 0.2) is 12.6 Å². The standard InChI is InChI=1S/C75H129N5O29/c1-48-67(95)69(97)60(42-82)108-73(48)106-31-15-12-23-54(87)19-8-6-10-21-56(89)26-34-103-46-75(39-57(90)38-64(94)80-40-58(91)37-52(80)44-101-4,45-102-33-25-55(88)20-9-5-7-18-53(86)22-11-14-30-105-59-36-51(41-81)68(96)71(99)65(59)78-49(2)84)47-104-35-27-63(93)77-29-17-28-76-62(92)24-13-16-32-107-74-66(79-50(3)85)72(100)70(98)61(43-83)109-74/h48,51-52,58-61,65-74,81-83,91,95-100H,5-47H2,1-4H3,(H,76,92)(H,77,93)(H,78,84)(H,79,85)/t48?,51?,52-,58+,59+,60?,61?,65?,66?,67+,68-,69-,70-,71+,72+,73+,74+,75?/m0/s1. The van der Waals surface area contributed by atoms with E-state index in [1.807, 2.05) is 0 Å². The number of nitrogens with zero attached hydrogens (tertiary/aromatic N) is 1. The molecule has 1 saturated carbocycles. The lowest BCUT2D eigenvalue weighted by atomic mass is 9.79. The molecule has 34 heteroatoms. The van der Waals surface area contributed by atoms with Gasteiger partial charge in [0.1, 0.15) is 71.6 Å². The largest absolute Gasteiger partial charge is 0.396 e. The lowest BCUT2D eigenvalue weighted by Gasteiger charge is -2.42. The molecule has 628 valence electrons. The zero-order chi connectivity index (χ0) is 80.3. The van der Waals surface area contributed by atoms with E-state index in [0.29, 0.717) is 109 Å². The summed E-state index contributed by atoms with van der Waals surface area (Å²) in [6.07, 6.45) is -5.16. The summed E-state index contributed by atoms with van der Waals surface area (Å²) in [5, 5.41) is 112. The summed E-state index contributed by atoms with van der Waals surface area (Å²) in [5.74, 6) is -3.79. The van der Waals surface area contributed by atoms with Gasteiger partial charge >= 0.3 is 0 Å². The van der Waals surface area contributed by atoms with Gasteiger partial charge in [0, 0.05) is 155 Å². The molecule has 18 atom stereocenters. The minimum Gasteiger partial charge on any atom is -0.396 e. The minimum atomic E-state index is -1.46. The van der Waals surface area contributed by atoms with Crippen LogP contribution in [0.5, 0.6) is 0 Å². The molecule has 1 aliphatic carbocycles. The number of rotatable bonds is 60. The second-order valence-electron chi connectivity index (χ2n) is 29.6. The van der Waals surface area contributed by atoms with Crippen molar-refractivity contribution in [3.63, 3.8) is 0 Å². The Bertz CT molecular complexity index is 2600. The molecule has 3 heterocycles. The van der Waals surface area contributed by atoms with E-state index in [4.69, 9.17) is 42.6 Å². The Labute approximate surface area is 639 Å². The molecule has 0 bridgehead atoms. The van der Waals surface area contributed by atoms with Crippen molar-refractivity contribution in [3.8, 4) is 0 Å². The van der Waals surface area contributed by atoms with E-state index >= 15 is 0 Å². The Hall–Kier alpha value is -5.06.